The van der Waals surface area contributed by atoms with Crippen LogP contribution in [0.2, 0.25) is 0 Å². The van der Waals surface area contributed by atoms with E-state index in [1.165, 1.54) is 12.6 Å². The highest BCUT2D eigenvalue weighted by Crippen LogP contribution is 2.32. The molecule has 242 valence electrons. The van der Waals surface area contributed by atoms with Crippen molar-refractivity contribution in [2.75, 3.05) is 46.3 Å². The van der Waals surface area contributed by atoms with Crippen LogP contribution in [0.25, 0.3) is 0 Å². The van der Waals surface area contributed by atoms with Gasteiger partial charge in [-0.25, -0.2) is 0 Å². The van der Waals surface area contributed by atoms with Crippen molar-refractivity contribution in [3.05, 3.63) is 136 Å². The van der Waals surface area contributed by atoms with Crippen molar-refractivity contribution in [3.63, 3.8) is 0 Å². The van der Waals surface area contributed by atoms with Gasteiger partial charge in [0.25, 0.3) is 5.91 Å². The Kier molecular flexibility index (Phi) is 13.3. The van der Waals surface area contributed by atoms with Gasteiger partial charge in [0.2, 0.25) is 0 Å². The Bertz CT molecular complexity index is 1480. The molecule has 0 saturated carbocycles. The topological polar surface area (TPSA) is 80.6 Å². The van der Waals surface area contributed by atoms with Gasteiger partial charge in [0.15, 0.2) is 0 Å². The molecule has 2 aromatic rings. The number of piperazine rings is 1. The van der Waals surface area contributed by atoms with E-state index in [-0.39, 0.29) is 11.9 Å². The molecule has 8 nitrogen and oxygen atoms in total. The Morgan fingerprint density at radius 3 is 2.30 bits per heavy atom. The number of hydrogen-bond donors (Lipinski definition) is 1. The van der Waals surface area contributed by atoms with Crippen molar-refractivity contribution in [2.24, 2.45) is 10.2 Å². The van der Waals surface area contributed by atoms with Gasteiger partial charge in [-0.1, -0.05) is 118 Å². The normalized spacial score (nSPS) is 18.0. The fourth-order valence-electron chi connectivity index (χ4n) is 5.86. The summed E-state index contributed by atoms with van der Waals surface area (Å²) in [7, 11) is 2.00. The number of benzene rings is 2. The van der Waals surface area contributed by atoms with Gasteiger partial charge in [-0.3, -0.25) is 14.7 Å². The number of hydrogen-bond acceptors (Lipinski definition) is 7. The molecule has 0 bridgehead atoms. The summed E-state index contributed by atoms with van der Waals surface area (Å²) < 4.78 is 0. The molecule has 46 heavy (non-hydrogen) atoms. The summed E-state index contributed by atoms with van der Waals surface area (Å²) in [6, 6.07) is 19.9. The Balaban J connectivity index is 0.00000154. The number of aliphatic imine (C=N–C) groups is 1. The van der Waals surface area contributed by atoms with Gasteiger partial charge in [-0.05, 0) is 22.7 Å². The van der Waals surface area contributed by atoms with E-state index in [1.807, 2.05) is 79.9 Å². The van der Waals surface area contributed by atoms with Gasteiger partial charge in [0, 0.05) is 64.0 Å². The van der Waals surface area contributed by atoms with Crippen LogP contribution < -0.4 is 5.32 Å². The van der Waals surface area contributed by atoms with Crippen molar-refractivity contribution in [1.29, 1.82) is 0 Å². The maximum Gasteiger partial charge on any atom is 0.252 e. The number of rotatable bonds is 11. The van der Waals surface area contributed by atoms with Gasteiger partial charge in [0.05, 0.1) is 17.3 Å². The smallest absolute Gasteiger partial charge is 0.252 e. The van der Waals surface area contributed by atoms with Crippen molar-refractivity contribution >= 4 is 11.6 Å². The zero-order chi connectivity index (χ0) is 32.7. The fraction of sp³-hybridized carbons (Fsp3) is 0.368. The zero-order valence-electron chi connectivity index (χ0n) is 27.7. The van der Waals surface area contributed by atoms with Gasteiger partial charge in [-0.15, -0.1) is 4.91 Å². The molecule has 0 aromatic heterocycles. The van der Waals surface area contributed by atoms with Crippen LogP contribution in [0.1, 0.15) is 44.7 Å². The first-order valence-electron chi connectivity index (χ1n) is 16.5. The number of carbonyl (C=O) groups excluding carboxylic acids is 1. The van der Waals surface area contributed by atoms with Gasteiger partial charge in [-0.2, -0.15) is 0 Å². The summed E-state index contributed by atoms with van der Waals surface area (Å²) in [5.41, 5.74) is 5.45. The standard InChI is InChI=1S/C35H40N6O2.C3H8/c1-3-19-39(2)32(25-37-43)41-22-20-40(21-23-41)26-30-33(35(42)36-24-27-13-7-4-8-14-27)29-17-11-6-12-18-31(29)38-34(30)28-15-9-5-10-16-28;1-3-2/h4-18,25,31H,3,19-24,26H2,1-2H3,(H,36,42);3H2,1-2H3/b32-25+;. The van der Waals surface area contributed by atoms with Crippen LogP contribution in [-0.4, -0.2) is 78.7 Å². The first-order valence-corrected chi connectivity index (χ1v) is 16.5. The molecule has 1 N–H and O–H groups in total. The molecule has 2 aliphatic heterocycles. The first-order chi connectivity index (χ1) is 22.5. The van der Waals surface area contributed by atoms with E-state index in [0.29, 0.717) is 18.7 Å². The zero-order valence-corrected chi connectivity index (χ0v) is 27.7. The average molecular weight is 621 g/mol. The Hall–Kier alpha value is -4.56. The highest BCUT2D eigenvalue weighted by atomic mass is 16.2. The minimum Gasteiger partial charge on any atom is -0.360 e. The van der Waals surface area contributed by atoms with E-state index < -0.39 is 0 Å². The van der Waals surface area contributed by atoms with Gasteiger partial charge < -0.3 is 15.1 Å². The number of nitrogens with one attached hydrogen (secondary N) is 1. The molecular formula is C38H48N6O2. The molecule has 1 amide bonds. The highest BCUT2D eigenvalue weighted by molar-refractivity contribution is 6.19. The molecule has 0 spiro atoms. The summed E-state index contributed by atoms with van der Waals surface area (Å²) in [6.07, 6.45) is 13.7. The predicted octanol–water partition coefficient (Wildman–Crippen LogP) is 6.46. The summed E-state index contributed by atoms with van der Waals surface area (Å²) in [5, 5.41) is 6.29. The molecule has 2 heterocycles. The summed E-state index contributed by atoms with van der Waals surface area (Å²) in [4.78, 5) is 37.2. The molecule has 0 radical (unpaired) electrons. The number of amides is 1. The lowest BCUT2D eigenvalue weighted by molar-refractivity contribution is -0.117. The van der Waals surface area contributed by atoms with Crippen LogP contribution in [-0.2, 0) is 11.3 Å². The Morgan fingerprint density at radius 1 is 0.978 bits per heavy atom. The second kappa shape index (κ2) is 17.8. The summed E-state index contributed by atoms with van der Waals surface area (Å²) in [6.45, 7) is 11.3. The number of nitroso groups, excluding NO2 is 1. The molecule has 1 aliphatic carbocycles. The predicted molar refractivity (Wildman–Crippen MR) is 189 cm³/mol. The first kappa shape index (κ1) is 34.3. The third-order valence-electron chi connectivity index (χ3n) is 8.02. The Labute approximate surface area is 274 Å². The fourth-order valence-corrected chi connectivity index (χ4v) is 5.86. The number of fused-ring (bicyclic) bond motifs is 1. The molecule has 8 heteroatoms. The largest absolute Gasteiger partial charge is 0.360 e. The molecule has 1 atom stereocenters. The number of dihydropyridines is 1. The molecule has 2 aromatic carbocycles. The summed E-state index contributed by atoms with van der Waals surface area (Å²) in [5.74, 6) is 0.759. The SMILES string of the molecule is CCC.CCCN(C)/C(=C\N=O)N1CCN(CC2=C(C(=O)NCc3ccccc3)C3=CC=CC=CC3N=C2c2ccccc2)CC1. The quantitative estimate of drug-likeness (QED) is 0.292. The monoisotopic (exact) mass is 620 g/mol. The number of carbonyl (C=O) groups is 1. The average Bonchev–Trinajstić information content (AvgIpc) is 3.33. The number of nitrogens with zero attached hydrogens (tertiary/aromatic N) is 5. The van der Waals surface area contributed by atoms with Gasteiger partial charge >= 0.3 is 0 Å². The number of allylic oxidation sites excluding steroid dienone is 4. The van der Waals surface area contributed by atoms with E-state index in [4.69, 9.17) is 4.99 Å². The lowest BCUT2D eigenvalue weighted by atomic mass is 9.85. The third-order valence-corrected chi connectivity index (χ3v) is 8.02. The summed E-state index contributed by atoms with van der Waals surface area (Å²) >= 11 is 0. The van der Waals surface area contributed by atoms with Crippen molar-refractivity contribution in [1.82, 2.24) is 20.0 Å². The molecule has 1 saturated heterocycles. The van der Waals surface area contributed by atoms with Crippen LogP contribution in [0.15, 0.2) is 130 Å². The van der Waals surface area contributed by atoms with E-state index in [2.05, 4.69) is 64.2 Å². The van der Waals surface area contributed by atoms with E-state index in [1.54, 1.807) is 0 Å². The van der Waals surface area contributed by atoms with Crippen LogP contribution in [0.3, 0.4) is 0 Å². The molecule has 1 fully saturated rings. The maximum absolute atomic E-state index is 14.1. The van der Waals surface area contributed by atoms with Crippen molar-refractivity contribution in [3.8, 4) is 0 Å². The van der Waals surface area contributed by atoms with Crippen LogP contribution in [0.5, 0.6) is 0 Å². The van der Waals surface area contributed by atoms with E-state index >= 15 is 0 Å². The molecule has 1 unspecified atom stereocenters. The highest BCUT2D eigenvalue weighted by Gasteiger charge is 2.33. The van der Waals surface area contributed by atoms with Crippen LogP contribution in [0, 0.1) is 4.91 Å². The minimum atomic E-state index is -0.249. The second-order valence-corrected chi connectivity index (χ2v) is 11.7. The lowest BCUT2D eigenvalue weighted by Gasteiger charge is -2.40. The molecule has 5 rings (SSSR count). The molecular weight excluding hydrogens is 572 g/mol. The Morgan fingerprint density at radius 2 is 1.65 bits per heavy atom. The minimum absolute atomic E-state index is 0.0933. The van der Waals surface area contributed by atoms with E-state index in [9.17, 15) is 9.70 Å². The second-order valence-electron chi connectivity index (χ2n) is 11.7. The maximum atomic E-state index is 14.1. The van der Waals surface area contributed by atoms with Crippen LogP contribution >= 0.6 is 0 Å². The van der Waals surface area contributed by atoms with Gasteiger partial charge in [0.1, 0.15) is 12.0 Å². The van der Waals surface area contributed by atoms with Crippen LogP contribution in [0.4, 0.5) is 0 Å². The van der Waals surface area contributed by atoms with Crippen molar-refractivity contribution < 1.29 is 4.79 Å². The lowest BCUT2D eigenvalue weighted by Crippen LogP contribution is -2.49. The van der Waals surface area contributed by atoms with Crippen molar-refractivity contribution in [2.45, 2.75) is 46.2 Å². The molecule has 3 aliphatic rings. The van der Waals surface area contributed by atoms with E-state index in [0.717, 1.165) is 73.0 Å². The third kappa shape index (κ3) is 9.01.